The summed E-state index contributed by atoms with van der Waals surface area (Å²) in [6.45, 7) is 2.65. The molecule has 0 radical (unpaired) electrons. The van der Waals surface area contributed by atoms with E-state index in [0.29, 0.717) is 18.7 Å². The number of benzene rings is 1. The molecular weight excluding hydrogens is 454 g/mol. The molecule has 1 aliphatic heterocycles. The Balaban J connectivity index is 1.48. The topological polar surface area (TPSA) is 88.9 Å². The Morgan fingerprint density at radius 1 is 0.909 bits per heavy atom. The molecule has 0 spiro atoms. The first-order valence-electron chi connectivity index (χ1n) is 11.1. The van der Waals surface area contributed by atoms with Crippen LogP contribution in [-0.4, -0.2) is 46.3 Å². The van der Waals surface area contributed by atoms with Crippen LogP contribution in [-0.2, 0) is 28.6 Å². The first-order chi connectivity index (χ1) is 16.0. The van der Waals surface area contributed by atoms with Gasteiger partial charge in [-0.3, -0.25) is 4.90 Å². The Labute approximate surface area is 197 Å². The van der Waals surface area contributed by atoms with Crippen molar-refractivity contribution in [3.8, 4) is 0 Å². The van der Waals surface area contributed by atoms with Gasteiger partial charge in [0.15, 0.2) is 0 Å². The fraction of sp³-hybridized carbons (Fsp3) is 0.333. The summed E-state index contributed by atoms with van der Waals surface area (Å²) in [5.41, 5.74) is 2.98. The second-order valence-corrected chi connectivity index (χ2v) is 11.3. The first kappa shape index (κ1) is 22.1. The molecule has 0 bridgehead atoms. The van der Waals surface area contributed by atoms with E-state index in [2.05, 4.69) is 24.8 Å². The monoisotopic (exact) mass is 479 g/mol. The summed E-state index contributed by atoms with van der Waals surface area (Å²) in [6.07, 6.45) is 5.77. The second kappa shape index (κ2) is 9.62. The Hall–Kier alpha value is -2.75. The third-order valence-electron chi connectivity index (χ3n) is 5.67. The fourth-order valence-electron chi connectivity index (χ4n) is 4.09. The van der Waals surface area contributed by atoms with Gasteiger partial charge in [0.05, 0.1) is 17.1 Å². The number of aromatic nitrogens is 4. The summed E-state index contributed by atoms with van der Waals surface area (Å²) < 4.78 is 26.5. The molecule has 1 aromatic carbocycles. The number of hydrogen-bond donors (Lipinski definition) is 0. The molecule has 1 fully saturated rings. The van der Waals surface area contributed by atoms with Crippen molar-refractivity contribution in [2.24, 2.45) is 0 Å². The van der Waals surface area contributed by atoms with Crippen LogP contribution >= 0.6 is 11.3 Å². The third-order valence-corrected chi connectivity index (χ3v) is 8.10. The molecule has 4 aromatic rings. The van der Waals surface area contributed by atoms with E-state index in [4.69, 9.17) is 0 Å². The van der Waals surface area contributed by atoms with E-state index in [0.717, 1.165) is 52.5 Å². The van der Waals surface area contributed by atoms with Crippen molar-refractivity contribution in [1.82, 2.24) is 24.8 Å². The van der Waals surface area contributed by atoms with Gasteiger partial charge in [-0.1, -0.05) is 48.1 Å². The van der Waals surface area contributed by atoms with Gasteiger partial charge in [0.2, 0.25) is 15.0 Å². The van der Waals surface area contributed by atoms with Gasteiger partial charge in [-0.15, -0.1) is 0 Å². The summed E-state index contributed by atoms with van der Waals surface area (Å²) in [5.74, 6) is -0.120. The number of piperidine rings is 1. The summed E-state index contributed by atoms with van der Waals surface area (Å²) >= 11 is 1.51. The Morgan fingerprint density at radius 2 is 1.70 bits per heavy atom. The Morgan fingerprint density at radius 3 is 2.48 bits per heavy atom. The SMILES string of the molecule is O=S(=O)(Cc1ccccc1)c1nc(Cc2nc3cccnc3s2)cc(CN2CCCCC2)n1. The highest BCUT2D eigenvalue weighted by Gasteiger charge is 2.22. The number of likely N-dealkylation sites (tertiary alicyclic amines) is 1. The third kappa shape index (κ3) is 5.43. The maximum Gasteiger partial charge on any atom is 0.247 e. The standard InChI is InChI=1S/C24H25N5O2S2/c30-33(31,17-18-8-3-1-4-9-18)24-26-19(14-20(27-24)16-29-12-5-2-6-13-29)15-22-28-21-10-7-11-25-23(21)32-22/h1,3-4,7-11,14H,2,5-6,12-13,15-17H2. The van der Waals surface area contributed by atoms with Gasteiger partial charge in [0.25, 0.3) is 0 Å². The molecule has 3 aromatic heterocycles. The number of hydrogen-bond acceptors (Lipinski definition) is 8. The minimum atomic E-state index is -3.69. The van der Waals surface area contributed by atoms with E-state index in [1.165, 1.54) is 17.8 Å². The highest BCUT2D eigenvalue weighted by Crippen LogP contribution is 2.23. The zero-order chi connectivity index (χ0) is 22.7. The van der Waals surface area contributed by atoms with Gasteiger partial charge in [-0.25, -0.2) is 28.4 Å². The molecule has 5 rings (SSSR count). The maximum absolute atomic E-state index is 13.2. The van der Waals surface area contributed by atoms with Crippen molar-refractivity contribution in [2.45, 2.75) is 43.1 Å². The normalized spacial score (nSPS) is 15.2. The molecule has 0 aliphatic carbocycles. The predicted molar refractivity (Wildman–Crippen MR) is 129 cm³/mol. The zero-order valence-corrected chi connectivity index (χ0v) is 19.9. The summed E-state index contributed by atoms with van der Waals surface area (Å²) in [4.78, 5) is 21.2. The average Bonchev–Trinajstić information content (AvgIpc) is 3.22. The minimum absolute atomic E-state index is 0.102. The van der Waals surface area contributed by atoms with Crippen molar-refractivity contribution in [2.75, 3.05) is 13.1 Å². The largest absolute Gasteiger partial charge is 0.298 e. The second-order valence-electron chi connectivity index (χ2n) is 8.33. The zero-order valence-electron chi connectivity index (χ0n) is 18.2. The lowest BCUT2D eigenvalue weighted by molar-refractivity contribution is 0.218. The number of rotatable bonds is 7. The molecule has 0 amide bonds. The van der Waals surface area contributed by atoms with Crippen LogP contribution in [0.3, 0.4) is 0 Å². The number of pyridine rings is 1. The van der Waals surface area contributed by atoms with Crippen LogP contribution in [0.1, 0.15) is 41.2 Å². The van der Waals surface area contributed by atoms with Crippen LogP contribution in [0.15, 0.2) is 59.9 Å². The molecule has 0 unspecified atom stereocenters. The van der Waals surface area contributed by atoms with Gasteiger partial charge in [-0.05, 0) is 49.7 Å². The molecular formula is C24H25N5O2S2. The number of sulfone groups is 1. The van der Waals surface area contributed by atoms with E-state index in [-0.39, 0.29) is 10.9 Å². The van der Waals surface area contributed by atoms with Crippen molar-refractivity contribution in [3.05, 3.63) is 76.7 Å². The van der Waals surface area contributed by atoms with Gasteiger partial charge >= 0.3 is 0 Å². The van der Waals surface area contributed by atoms with Gasteiger partial charge in [0, 0.05) is 19.2 Å². The van der Waals surface area contributed by atoms with E-state index < -0.39 is 9.84 Å². The van der Waals surface area contributed by atoms with E-state index in [1.807, 2.05) is 48.5 Å². The molecule has 0 N–H and O–H groups in total. The lowest BCUT2D eigenvalue weighted by Crippen LogP contribution is -2.29. The summed E-state index contributed by atoms with van der Waals surface area (Å²) in [6, 6.07) is 14.9. The number of nitrogens with zero attached hydrogens (tertiary/aromatic N) is 5. The highest BCUT2D eigenvalue weighted by molar-refractivity contribution is 7.90. The number of thiazole rings is 1. The van der Waals surface area contributed by atoms with E-state index in [9.17, 15) is 8.42 Å². The van der Waals surface area contributed by atoms with E-state index in [1.54, 1.807) is 6.20 Å². The molecule has 4 heterocycles. The molecule has 33 heavy (non-hydrogen) atoms. The lowest BCUT2D eigenvalue weighted by atomic mass is 10.1. The van der Waals surface area contributed by atoms with Gasteiger partial charge in [0.1, 0.15) is 15.4 Å². The fourth-order valence-corrected chi connectivity index (χ4v) is 6.28. The maximum atomic E-state index is 13.2. The van der Waals surface area contributed by atoms with Crippen molar-refractivity contribution < 1.29 is 8.42 Å². The van der Waals surface area contributed by atoms with Crippen LogP contribution in [0.25, 0.3) is 10.3 Å². The van der Waals surface area contributed by atoms with Gasteiger partial charge in [-0.2, -0.15) is 0 Å². The van der Waals surface area contributed by atoms with E-state index >= 15 is 0 Å². The summed E-state index contributed by atoms with van der Waals surface area (Å²) in [7, 11) is -3.69. The number of fused-ring (bicyclic) bond motifs is 1. The molecule has 0 atom stereocenters. The average molecular weight is 480 g/mol. The minimum Gasteiger partial charge on any atom is -0.298 e. The molecule has 0 saturated carbocycles. The van der Waals surface area contributed by atoms with Crippen molar-refractivity contribution in [1.29, 1.82) is 0 Å². The van der Waals surface area contributed by atoms with Crippen molar-refractivity contribution in [3.63, 3.8) is 0 Å². The Bertz CT molecular complexity index is 1320. The first-order valence-corrected chi connectivity index (χ1v) is 13.6. The highest BCUT2D eigenvalue weighted by atomic mass is 32.2. The van der Waals surface area contributed by atoms with Gasteiger partial charge < -0.3 is 0 Å². The van der Waals surface area contributed by atoms with Crippen LogP contribution in [0.4, 0.5) is 0 Å². The predicted octanol–water partition coefficient (Wildman–Crippen LogP) is 4.03. The Kier molecular flexibility index (Phi) is 6.43. The smallest absolute Gasteiger partial charge is 0.247 e. The van der Waals surface area contributed by atoms with Crippen LogP contribution < -0.4 is 0 Å². The molecule has 1 saturated heterocycles. The molecule has 7 nitrogen and oxygen atoms in total. The quantitative estimate of drug-likeness (QED) is 0.370. The molecule has 9 heteroatoms. The van der Waals surface area contributed by atoms with Crippen LogP contribution in [0.2, 0.25) is 0 Å². The van der Waals surface area contributed by atoms with Crippen LogP contribution in [0, 0.1) is 0 Å². The molecule has 170 valence electrons. The molecule has 1 aliphatic rings. The van der Waals surface area contributed by atoms with Crippen LogP contribution in [0.5, 0.6) is 0 Å². The summed E-state index contributed by atoms with van der Waals surface area (Å²) in [5, 5.41) is 0.757. The van der Waals surface area contributed by atoms with Crippen molar-refractivity contribution >= 4 is 31.5 Å². The lowest BCUT2D eigenvalue weighted by Gasteiger charge is -2.26.